The molecule has 210 valence electrons. The van der Waals surface area contributed by atoms with Gasteiger partial charge in [0.25, 0.3) is 0 Å². The molecule has 0 N–H and O–H groups in total. The summed E-state index contributed by atoms with van der Waals surface area (Å²) >= 11 is 0. The first kappa shape index (κ1) is 24.9. The Morgan fingerprint density at radius 3 is 2.14 bits per heavy atom. The van der Waals surface area contributed by atoms with E-state index in [-0.39, 0.29) is 5.41 Å². The number of fused-ring (bicyclic) bond motifs is 7. The Kier molecular flexibility index (Phi) is 5.21. The van der Waals surface area contributed by atoms with E-state index in [1.54, 1.807) is 0 Å². The van der Waals surface area contributed by atoms with Gasteiger partial charge in [0.05, 0.1) is 5.69 Å². The van der Waals surface area contributed by atoms with Crippen molar-refractivity contribution in [2.75, 3.05) is 4.90 Å². The van der Waals surface area contributed by atoms with Crippen molar-refractivity contribution in [1.82, 2.24) is 4.98 Å². The molecule has 0 unspecified atom stereocenters. The Morgan fingerprint density at radius 1 is 0.568 bits per heavy atom. The van der Waals surface area contributed by atoms with E-state index in [4.69, 9.17) is 13.8 Å². The number of benzene rings is 6. The highest BCUT2D eigenvalue weighted by Gasteiger charge is 2.37. The molecular formula is C40H28N2O2. The predicted molar refractivity (Wildman–Crippen MR) is 179 cm³/mol. The normalized spacial score (nSPS) is 13.4. The van der Waals surface area contributed by atoms with Gasteiger partial charge < -0.3 is 13.7 Å². The van der Waals surface area contributed by atoms with E-state index >= 15 is 0 Å². The van der Waals surface area contributed by atoms with Crippen LogP contribution in [-0.4, -0.2) is 4.98 Å². The van der Waals surface area contributed by atoms with Crippen molar-refractivity contribution in [3.8, 4) is 22.6 Å². The Bertz CT molecular complexity index is 2360. The fraction of sp³-hybridized carbons (Fsp3) is 0.0750. The highest BCUT2D eigenvalue weighted by atomic mass is 16.4. The first-order valence-electron chi connectivity index (χ1n) is 15.0. The summed E-state index contributed by atoms with van der Waals surface area (Å²) in [4.78, 5) is 7.20. The summed E-state index contributed by atoms with van der Waals surface area (Å²) in [5.41, 5.74) is 12.6. The average molecular weight is 569 g/mol. The summed E-state index contributed by atoms with van der Waals surface area (Å²) in [7, 11) is 0. The zero-order chi connectivity index (χ0) is 29.4. The van der Waals surface area contributed by atoms with Crippen LogP contribution in [0.25, 0.3) is 55.6 Å². The van der Waals surface area contributed by atoms with Gasteiger partial charge >= 0.3 is 0 Å². The van der Waals surface area contributed by atoms with E-state index in [9.17, 15) is 0 Å². The van der Waals surface area contributed by atoms with E-state index in [0.717, 1.165) is 50.1 Å². The molecule has 1 aliphatic carbocycles. The highest BCUT2D eigenvalue weighted by Crippen LogP contribution is 2.54. The lowest BCUT2D eigenvalue weighted by molar-refractivity contribution is 0.617. The summed E-state index contributed by atoms with van der Waals surface area (Å²) in [5.74, 6) is 0.606. The first-order chi connectivity index (χ1) is 21.6. The quantitative estimate of drug-likeness (QED) is 0.212. The molecule has 4 heteroatoms. The molecular weight excluding hydrogens is 540 g/mol. The first-order valence-corrected chi connectivity index (χ1v) is 15.0. The third-order valence-corrected chi connectivity index (χ3v) is 9.08. The molecule has 44 heavy (non-hydrogen) atoms. The van der Waals surface area contributed by atoms with Crippen molar-refractivity contribution in [3.05, 3.63) is 145 Å². The maximum Gasteiger partial charge on any atom is 0.227 e. The largest absolute Gasteiger partial charge is 0.456 e. The number of anilines is 3. The molecule has 2 aromatic heterocycles. The molecule has 0 radical (unpaired) electrons. The predicted octanol–water partition coefficient (Wildman–Crippen LogP) is 11.2. The fourth-order valence-corrected chi connectivity index (χ4v) is 6.96. The molecule has 0 spiro atoms. The van der Waals surface area contributed by atoms with Gasteiger partial charge in [0, 0.05) is 44.8 Å². The van der Waals surface area contributed by atoms with Crippen molar-refractivity contribution in [3.63, 3.8) is 0 Å². The molecule has 8 aromatic rings. The number of para-hydroxylation sites is 1. The molecule has 0 aliphatic heterocycles. The zero-order valence-corrected chi connectivity index (χ0v) is 24.4. The molecule has 0 fully saturated rings. The molecule has 0 amide bonds. The van der Waals surface area contributed by atoms with Crippen LogP contribution in [0.2, 0.25) is 0 Å². The van der Waals surface area contributed by atoms with Crippen LogP contribution in [-0.2, 0) is 5.41 Å². The maximum atomic E-state index is 6.36. The Morgan fingerprint density at radius 2 is 1.30 bits per heavy atom. The summed E-state index contributed by atoms with van der Waals surface area (Å²) in [6.07, 6.45) is 0. The number of oxazole rings is 1. The van der Waals surface area contributed by atoms with Crippen molar-refractivity contribution in [1.29, 1.82) is 0 Å². The minimum absolute atomic E-state index is 0.0867. The van der Waals surface area contributed by atoms with Crippen molar-refractivity contribution in [2.45, 2.75) is 19.3 Å². The lowest BCUT2D eigenvalue weighted by atomic mass is 9.82. The van der Waals surface area contributed by atoms with Crippen LogP contribution in [0.4, 0.5) is 17.1 Å². The topological polar surface area (TPSA) is 42.4 Å². The number of hydrogen-bond acceptors (Lipinski definition) is 4. The minimum Gasteiger partial charge on any atom is -0.456 e. The SMILES string of the molecule is CC1(C)c2ccccc2-c2c(N(c3ccccc3)c3ccc4oc5cc6oc(-c7ccccc7)nc6cc5c4c3)cccc21. The van der Waals surface area contributed by atoms with Gasteiger partial charge in [-0.05, 0) is 71.3 Å². The molecule has 2 heterocycles. The average Bonchev–Trinajstić information content (AvgIpc) is 3.71. The van der Waals surface area contributed by atoms with E-state index in [0.29, 0.717) is 11.5 Å². The highest BCUT2D eigenvalue weighted by molar-refractivity contribution is 6.10. The van der Waals surface area contributed by atoms with Crippen LogP contribution in [0.5, 0.6) is 0 Å². The Hall–Kier alpha value is -5.61. The second kappa shape index (κ2) is 9.19. The third kappa shape index (κ3) is 3.61. The van der Waals surface area contributed by atoms with Crippen molar-refractivity contribution >= 4 is 50.1 Å². The molecule has 0 saturated heterocycles. The lowest BCUT2D eigenvalue weighted by Crippen LogP contribution is -2.16. The number of aromatic nitrogens is 1. The second-order valence-corrected chi connectivity index (χ2v) is 12.0. The van der Waals surface area contributed by atoms with E-state index in [1.807, 2.05) is 36.4 Å². The van der Waals surface area contributed by atoms with Gasteiger partial charge in [-0.3, -0.25) is 0 Å². The van der Waals surface area contributed by atoms with E-state index < -0.39 is 0 Å². The van der Waals surface area contributed by atoms with Crippen LogP contribution < -0.4 is 4.90 Å². The molecule has 9 rings (SSSR count). The Labute approximate surface area is 254 Å². The van der Waals surface area contributed by atoms with Gasteiger partial charge in [-0.25, -0.2) is 4.98 Å². The van der Waals surface area contributed by atoms with Gasteiger partial charge in [-0.15, -0.1) is 0 Å². The van der Waals surface area contributed by atoms with Crippen LogP contribution in [0.1, 0.15) is 25.0 Å². The van der Waals surface area contributed by atoms with E-state index in [2.05, 4.69) is 116 Å². The number of hydrogen-bond donors (Lipinski definition) is 0. The summed E-state index contributed by atoms with van der Waals surface area (Å²) in [6.45, 7) is 4.65. The molecule has 4 nitrogen and oxygen atoms in total. The fourth-order valence-electron chi connectivity index (χ4n) is 6.96. The minimum atomic E-state index is -0.0867. The van der Waals surface area contributed by atoms with Crippen LogP contribution in [0, 0.1) is 0 Å². The van der Waals surface area contributed by atoms with Crippen molar-refractivity contribution < 1.29 is 8.83 Å². The van der Waals surface area contributed by atoms with Gasteiger partial charge in [0.15, 0.2) is 5.58 Å². The smallest absolute Gasteiger partial charge is 0.227 e. The van der Waals surface area contributed by atoms with Crippen molar-refractivity contribution in [2.24, 2.45) is 0 Å². The lowest BCUT2D eigenvalue weighted by Gasteiger charge is -2.28. The molecule has 0 bridgehead atoms. The van der Waals surface area contributed by atoms with Crippen LogP contribution in [0.15, 0.2) is 142 Å². The van der Waals surface area contributed by atoms with Gasteiger partial charge in [0.1, 0.15) is 16.7 Å². The third-order valence-electron chi connectivity index (χ3n) is 9.08. The second-order valence-electron chi connectivity index (χ2n) is 12.0. The number of furan rings is 1. The van der Waals surface area contributed by atoms with E-state index in [1.165, 1.54) is 22.3 Å². The summed E-state index contributed by atoms with van der Waals surface area (Å²) in [6, 6.07) is 46.6. The number of nitrogens with zero attached hydrogens (tertiary/aromatic N) is 2. The van der Waals surface area contributed by atoms with Gasteiger partial charge in [0.2, 0.25) is 5.89 Å². The zero-order valence-electron chi connectivity index (χ0n) is 24.4. The van der Waals surface area contributed by atoms with Crippen LogP contribution >= 0.6 is 0 Å². The molecule has 0 saturated carbocycles. The maximum absolute atomic E-state index is 6.36. The molecule has 1 aliphatic rings. The summed E-state index contributed by atoms with van der Waals surface area (Å²) in [5, 5.41) is 2.05. The van der Waals surface area contributed by atoms with Gasteiger partial charge in [-0.1, -0.05) is 86.6 Å². The summed E-state index contributed by atoms with van der Waals surface area (Å²) < 4.78 is 12.5. The van der Waals surface area contributed by atoms with Crippen LogP contribution in [0.3, 0.4) is 0 Å². The monoisotopic (exact) mass is 568 g/mol. The molecule has 6 aromatic carbocycles. The molecule has 0 atom stereocenters. The Balaban J connectivity index is 1.26. The van der Waals surface area contributed by atoms with Gasteiger partial charge in [-0.2, -0.15) is 0 Å². The number of rotatable bonds is 4. The standard InChI is InChI=1S/C40H28N2O2/c1-40(2)31-17-10-9-16-28(31)38-32(40)18-11-19-34(38)42(26-14-7-4-8-15-26)27-20-21-35-29(22-27)30-23-33-37(24-36(30)43-35)44-39(41-33)25-12-5-3-6-13-25/h3-24H,1-2H3.